The second kappa shape index (κ2) is 5.83. The van der Waals surface area contributed by atoms with Crippen molar-refractivity contribution in [3.05, 3.63) is 53.3 Å². The van der Waals surface area contributed by atoms with Crippen molar-refractivity contribution in [2.75, 3.05) is 13.2 Å². The maximum absolute atomic E-state index is 5.77. The van der Waals surface area contributed by atoms with E-state index in [0.29, 0.717) is 13.2 Å². The van der Waals surface area contributed by atoms with Crippen molar-refractivity contribution < 1.29 is 9.47 Å². The van der Waals surface area contributed by atoms with Crippen molar-refractivity contribution in [3.63, 3.8) is 0 Å². The van der Waals surface area contributed by atoms with Gasteiger partial charge in [0.1, 0.15) is 13.2 Å². The second-order valence-electron chi connectivity index (χ2n) is 4.81. The third-order valence-corrected chi connectivity index (χ3v) is 4.24. The summed E-state index contributed by atoms with van der Waals surface area (Å²) in [5.74, 6) is 1.69. The number of benzene rings is 1. The summed E-state index contributed by atoms with van der Waals surface area (Å²) in [6, 6.07) is 10.1. The zero-order chi connectivity index (χ0) is 13.9. The molecule has 4 heteroatoms. The number of alkyl halides is 1. The molecular weight excluding hydrogens is 318 g/mol. The number of rotatable bonds is 3. The van der Waals surface area contributed by atoms with Crippen LogP contribution in [0.4, 0.5) is 0 Å². The first-order valence-electron chi connectivity index (χ1n) is 6.69. The summed E-state index contributed by atoms with van der Waals surface area (Å²) < 4.78 is 11.4. The topological polar surface area (TPSA) is 31.4 Å². The van der Waals surface area contributed by atoms with Crippen LogP contribution in [0.5, 0.6) is 11.5 Å². The lowest BCUT2D eigenvalue weighted by Gasteiger charge is -2.23. The van der Waals surface area contributed by atoms with E-state index >= 15 is 0 Å². The van der Waals surface area contributed by atoms with Crippen LogP contribution in [0.2, 0.25) is 0 Å². The predicted octanol–water partition coefficient (Wildman–Crippen LogP) is 3.84. The van der Waals surface area contributed by atoms with Gasteiger partial charge in [0.15, 0.2) is 11.5 Å². The van der Waals surface area contributed by atoms with Crippen molar-refractivity contribution in [2.24, 2.45) is 0 Å². The first-order valence-corrected chi connectivity index (χ1v) is 7.60. The van der Waals surface area contributed by atoms with Gasteiger partial charge in [-0.3, -0.25) is 4.98 Å². The van der Waals surface area contributed by atoms with Gasteiger partial charge in [0.2, 0.25) is 0 Å². The molecule has 0 N–H and O–H groups in total. The minimum Gasteiger partial charge on any atom is -0.486 e. The van der Waals surface area contributed by atoms with E-state index in [2.05, 4.69) is 40.0 Å². The molecule has 1 aliphatic heterocycles. The van der Waals surface area contributed by atoms with Crippen LogP contribution >= 0.6 is 15.9 Å². The molecule has 1 aliphatic rings. The molecule has 104 valence electrons. The Labute approximate surface area is 127 Å². The average molecular weight is 334 g/mol. The minimum absolute atomic E-state index is 0.160. The fraction of sp³-hybridized carbons (Fsp3) is 0.312. The SMILES string of the molecule is Cc1cccnc1CC(Br)c1cccc2c1OCCO2. The van der Waals surface area contributed by atoms with E-state index in [1.54, 1.807) is 0 Å². The maximum atomic E-state index is 5.77. The number of hydrogen-bond acceptors (Lipinski definition) is 3. The van der Waals surface area contributed by atoms with E-state index in [0.717, 1.165) is 29.2 Å². The van der Waals surface area contributed by atoms with Crippen molar-refractivity contribution in [1.29, 1.82) is 0 Å². The number of para-hydroxylation sites is 1. The Morgan fingerprint density at radius 1 is 1.20 bits per heavy atom. The van der Waals surface area contributed by atoms with E-state index in [-0.39, 0.29) is 4.83 Å². The largest absolute Gasteiger partial charge is 0.486 e. The smallest absolute Gasteiger partial charge is 0.165 e. The Balaban J connectivity index is 1.88. The molecule has 1 unspecified atom stereocenters. The first-order chi connectivity index (χ1) is 9.75. The van der Waals surface area contributed by atoms with E-state index in [9.17, 15) is 0 Å². The van der Waals surface area contributed by atoms with E-state index in [1.807, 2.05) is 24.4 Å². The normalized spacial score (nSPS) is 14.9. The summed E-state index contributed by atoms with van der Waals surface area (Å²) in [5.41, 5.74) is 3.43. The molecule has 1 aromatic carbocycles. The molecule has 0 radical (unpaired) electrons. The Bertz CT molecular complexity index is 615. The van der Waals surface area contributed by atoms with Crippen molar-refractivity contribution in [3.8, 4) is 11.5 Å². The Hall–Kier alpha value is -1.55. The minimum atomic E-state index is 0.160. The molecule has 2 aromatic rings. The summed E-state index contributed by atoms with van der Waals surface area (Å²) >= 11 is 3.76. The van der Waals surface area contributed by atoms with Crippen LogP contribution in [0.25, 0.3) is 0 Å². The Morgan fingerprint density at radius 2 is 2.05 bits per heavy atom. The zero-order valence-corrected chi connectivity index (χ0v) is 12.9. The Kier molecular flexibility index (Phi) is 3.92. The standard InChI is InChI=1S/C16H16BrNO2/c1-11-4-3-7-18-14(11)10-13(17)12-5-2-6-15-16(12)20-9-8-19-15/h2-7,13H,8-10H2,1H3. The number of ether oxygens (including phenoxy) is 2. The van der Waals surface area contributed by atoms with Crippen LogP contribution < -0.4 is 9.47 Å². The Morgan fingerprint density at radius 3 is 2.90 bits per heavy atom. The number of pyridine rings is 1. The van der Waals surface area contributed by atoms with Crippen LogP contribution in [-0.4, -0.2) is 18.2 Å². The molecule has 0 bridgehead atoms. The summed E-state index contributed by atoms with van der Waals surface area (Å²) in [4.78, 5) is 4.61. The van der Waals surface area contributed by atoms with Gasteiger partial charge in [-0.05, 0) is 24.6 Å². The van der Waals surface area contributed by atoms with Crippen LogP contribution in [0, 0.1) is 6.92 Å². The number of fused-ring (bicyclic) bond motifs is 1. The molecule has 0 saturated carbocycles. The van der Waals surface area contributed by atoms with Gasteiger partial charge in [-0.15, -0.1) is 0 Å². The highest BCUT2D eigenvalue weighted by Gasteiger charge is 2.21. The van der Waals surface area contributed by atoms with Crippen LogP contribution in [-0.2, 0) is 6.42 Å². The van der Waals surface area contributed by atoms with Gasteiger partial charge in [0.25, 0.3) is 0 Å². The molecule has 0 fully saturated rings. The summed E-state index contributed by atoms with van der Waals surface area (Å²) in [6.07, 6.45) is 2.66. The third kappa shape index (κ3) is 2.66. The highest BCUT2D eigenvalue weighted by Crippen LogP contribution is 2.41. The van der Waals surface area contributed by atoms with Gasteiger partial charge in [-0.2, -0.15) is 0 Å². The van der Waals surface area contributed by atoms with Gasteiger partial charge in [0, 0.05) is 28.7 Å². The molecule has 0 amide bonds. The molecule has 1 aromatic heterocycles. The second-order valence-corrected chi connectivity index (χ2v) is 5.92. The number of aromatic nitrogens is 1. The summed E-state index contributed by atoms with van der Waals surface area (Å²) in [5, 5.41) is 0. The highest BCUT2D eigenvalue weighted by molar-refractivity contribution is 9.09. The third-order valence-electron chi connectivity index (χ3n) is 3.42. The average Bonchev–Trinajstić information content (AvgIpc) is 2.49. The predicted molar refractivity (Wildman–Crippen MR) is 81.8 cm³/mol. The first kappa shape index (κ1) is 13.4. The van der Waals surface area contributed by atoms with Gasteiger partial charge < -0.3 is 9.47 Å². The van der Waals surface area contributed by atoms with Crippen LogP contribution in [0.3, 0.4) is 0 Å². The van der Waals surface area contributed by atoms with Crippen LogP contribution in [0.15, 0.2) is 36.5 Å². The highest BCUT2D eigenvalue weighted by atomic mass is 79.9. The number of aryl methyl sites for hydroxylation is 1. The molecule has 3 rings (SSSR count). The number of halogens is 1. The number of hydrogen-bond donors (Lipinski definition) is 0. The fourth-order valence-corrected chi connectivity index (χ4v) is 3.02. The lowest BCUT2D eigenvalue weighted by atomic mass is 10.0. The zero-order valence-electron chi connectivity index (χ0n) is 11.3. The van der Waals surface area contributed by atoms with Gasteiger partial charge in [0.05, 0.1) is 0 Å². The van der Waals surface area contributed by atoms with Gasteiger partial charge >= 0.3 is 0 Å². The molecule has 2 heterocycles. The lowest BCUT2D eigenvalue weighted by molar-refractivity contribution is 0.170. The molecule has 20 heavy (non-hydrogen) atoms. The monoisotopic (exact) mass is 333 g/mol. The van der Waals surface area contributed by atoms with Crippen molar-refractivity contribution in [2.45, 2.75) is 18.2 Å². The molecular formula is C16H16BrNO2. The molecule has 0 aliphatic carbocycles. The van der Waals surface area contributed by atoms with E-state index in [1.165, 1.54) is 5.56 Å². The van der Waals surface area contributed by atoms with Crippen molar-refractivity contribution in [1.82, 2.24) is 4.98 Å². The molecule has 3 nitrogen and oxygen atoms in total. The van der Waals surface area contributed by atoms with Gasteiger partial charge in [-0.1, -0.05) is 34.1 Å². The van der Waals surface area contributed by atoms with Gasteiger partial charge in [-0.25, -0.2) is 0 Å². The quantitative estimate of drug-likeness (QED) is 0.799. The molecule has 0 saturated heterocycles. The number of nitrogens with zero attached hydrogens (tertiary/aromatic N) is 1. The fourth-order valence-electron chi connectivity index (χ4n) is 2.35. The summed E-state index contributed by atoms with van der Waals surface area (Å²) in [6.45, 7) is 3.30. The van der Waals surface area contributed by atoms with E-state index < -0.39 is 0 Å². The van der Waals surface area contributed by atoms with Crippen LogP contribution in [0.1, 0.15) is 21.6 Å². The van der Waals surface area contributed by atoms with E-state index in [4.69, 9.17) is 9.47 Å². The molecule has 1 atom stereocenters. The summed E-state index contributed by atoms with van der Waals surface area (Å²) in [7, 11) is 0. The lowest BCUT2D eigenvalue weighted by Crippen LogP contribution is -2.17. The maximum Gasteiger partial charge on any atom is 0.165 e. The van der Waals surface area contributed by atoms with Crippen molar-refractivity contribution >= 4 is 15.9 Å². The molecule has 0 spiro atoms.